The monoisotopic (exact) mass is 415 g/mol. The maximum atomic E-state index is 11.6. The first-order chi connectivity index (χ1) is 14.5. The van der Waals surface area contributed by atoms with Crippen LogP contribution in [0.25, 0.3) is 21.2 Å². The molecule has 150 valence electrons. The van der Waals surface area contributed by atoms with E-state index in [4.69, 9.17) is 10.5 Å². The summed E-state index contributed by atoms with van der Waals surface area (Å²) in [5.74, 6) is -1.08. The van der Waals surface area contributed by atoms with E-state index in [0.29, 0.717) is 0 Å². The third kappa shape index (κ3) is 2.70. The summed E-state index contributed by atoms with van der Waals surface area (Å²) in [7, 11) is 0. The predicted octanol–water partition coefficient (Wildman–Crippen LogP) is 4.99. The van der Waals surface area contributed by atoms with Gasteiger partial charge in [-0.15, -0.1) is 11.3 Å². The van der Waals surface area contributed by atoms with Crippen LogP contribution in [-0.2, 0) is 15.1 Å². The molecule has 0 amide bonds. The van der Waals surface area contributed by atoms with E-state index < -0.39 is 23.7 Å². The van der Waals surface area contributed by atoms with Gasteiger partial charge in [0.1, 0.15) is 6.04 Å². The van der Waals surface area contributed by atoms with Gasteiger partial charge in [-0.05, 0) is 35.6 Å². The molecule has 4 aromatic rings. The van der Waals surface area contributed by atoms with Gasteiger partial charge in [0.05, 0.1) is 6.10 Å². The zero-order chi connectivity index (χ0) is 20.9. The molecule has 0 fully saturated rings. The maximum absolute atomic E-state index is 11.6. The smallest absolute Gasteiger partial charge is 0.323 e. The van der Waals surface area contributed by atoms with Crippen molar-refractivity contribution in [1.82, 2.24) is 0 Å². The van der Waals surface area contributed by atoms with Crippen molar-refractivity contribution in [3.8, 4) is 11.1 Å². The Kier molecular flexibility index (Phi) is 4.47. The number of carbonyl (C=O) groups is 1. The van der Waals surface area contributed by atoms with Crippen LogP contribution >= 0.6 is 11.3 Å². The average Bonchev–Trinajstić information content (AvgIpc) is 3.32. The fraction of sp³-hybridized carbons (Fsp3) is 0.160. The molecule has 2 atom stereocenters. The second-order valence-electron chi connectivity index (χ2n) is 7.61. The number of benzene rings is 3. The van der Waals surface area contributed by atoms with Gasteiger partial charge in [0.15, 0.2) is 5.60 Å². The van der Waals surface area contributed by atoms with Crippen molar-refractivity contribution in [1.29, 1.82) is 0 Å². The van der Waals surface area contributed by atoms with Gasteiger partial charge in [-0.2, -0.15) is 0 Å². The molecule has 30 heavy (non-hydrogen) atoms. The topological polar surface area (TPSA) is 72.5 Å². The normalized spacial score (nSPS) is 16.1. The number of hydrogen-bond acceptors (Lipinski definition) is 4. The quantitative estimate of drug-likeness (QED) is 0.482. The molecule has 4 nitrogen and oxygen atoms in total. The standard InChI is InChI=1S/C25H21NO3S/c1-15(23(26)24(27)28)29-25(22-14-16-8-2-7-13-21(16)30-22)19-11-5-3-9-17(19)18-10-4-6-12-20(18)25/h2-15,23H,26H2,1H3,(H,27,28)/t15?,23-/m0/s1. The number of thiophene rings is 1. The van der Waals surface area contributed by atoms with E-state index in [-0.39, 0.29) is 0 Å². The van der Waals surface area contributed by atoms with Gasteiger partial charge >= 0.3 is 5.97 Å². The lowest BCUT2D eigenvalue weighted by Gasteiger charge is -2.35. The van der Waals surface area contributed by atoms with Crippen molar-refractivity contribution < 1.29 is 14.6 Å². The minimum Gasteiger partial charge on any atom is -0.480 e. The lowest BCUT2D eigenvalue weighted by molar-refractivity contribution is -0.144. The number of hydrogen-bond donors (Lipinski definition) is 2. The van der Waals surface area contributed by atoms with Crippen LogP contribution in [0.1, 0.15) is 22.9 Å². The molecular weight excluding hydrogens is 394 g/mol. The number of fused-ring (bicyclic) bond motifs is 4. The van der Waals surface area contributed by atoms with Crippen LogP contribution in [-0.4, -0.2) is 23.2 Å². The van der Waals surface area contributed by atoms with Gasteiger partial charge in [0.2, 0.25) is 0 Å². The Balaban J connectivity index is 1.81. The fourth-order valence-corrected chi connectivity index (χ4v) is 5.58. The summed E-state index contributed by atoms with van der Waals surface area (Å²) in [5.41, 5.74) is 9.29. The van der Waals surface area contributed by atoms with E-state index in [1.165, 1.54) is 0 Å². The van der Waals surface area contributed by atoms with Gasteiger partial charge < -0.3 is 15.6 Å². The minimum absolute atomic E-state index is 0.702. The highest BCUT2D eigenvalue weighted by molar-refractivity contribution is 7.19. The number of nitrogens with two attached hydrogens (primary N) is 1. The van der Waals surface area contributed by atoms with E-state index in [1.54, 1.807) is 18.3 Å². The molecule has 1 unspecified atom stereocenters. The summed E-state index contributed by atoms with van der Waals surface area (Å²) in [6.07, 6.45) is -0.702. The van der Waals surface area contributed by atoms with Crippen molar-refractivity contribution in [2.45, 2.75) is 24.7 Å². The van der Waals surface area contributed by atoms with Crippen molar-refractivity contribution in [2.75, 3.05) is 0 Å². The van der Waals surface area contributed by atoms with Crippen LogP contribution < -0.4 is 5.73 Å². The van der Waals surface area contributed by atoms with E-state index in [1.807, 2.05) is 36.4 Å². The molecule has 0 aliphatic heterocycles. The summed E-state index contributed by atoms with van der Waals surface area (Å²) in [6.45, 7) is 1.73. The summed E-state index contributed by atoms with van der Waals surface area (Å²) in [6, 6.07) is 25.6. The first-order valence-electron chi connectivity index (χ1n) is 9.87. The lowest BCUT2D eigenvalue weighted by Crippen LogP contribution is -2.46. The first kappa shape index (κ1) is 19.0. The Morgan fingerprint density at radius 2 is 1.53 bits per heavy atom. The second-order valence-corrected chi connectivity index (χ2v) is 8.69. The Morgan fingerprint density at radius 1 is 0.967 bits per heavy atom. The zero-order valence-electron chi connectivity index (χ0n) is 16.4. The average molecular weight is 416 g/mol. The summed E-state index contributed by atoms with van der Waals surface area (Å²) in [5, 5.41) is 10.6. The number of aliphatic carboxylic acids is 1. The number of ether oxygens (including phenoxy) is 1. The van der Waals surface area contributed by atoms with Crippen LogP contribution in [0.2, 0.25) is 0 Å². The molecule has 0 saturated heterocycles. The summed E-state index contributed by atoms with van der Waals surface area (Å²) in [4.78, 5) is 12.6. The molecular formula is C25H21NO3S. The second kappa shape index (κ2) is 7.06. The predicted molar refractivity (Wildman–Crippen MR) is 120 cm³/mol. The molecule has 0 radical (unpaired) electrons. The van der Waals surface area contributed by atoms with Crippen LogP contribution in [0.5, 0.6) is 0 Å². The van der Waals surface area contributed by atoms with E-state index in [9.17, 15) is 9.90 Å². The SMILES string of the molecule is CC(OC1(c2cc3ccccc3s2)c2ccccc2-c2ccccc21)[C@H](N)C(=O)O. The Morgan fingerprint density at radius 3 is 2.13 bits per heavy atom. The van der Waals surface area contributed by atoms with Crippen molar-refractivity contribution in [3.05, 3.63) is 94.9 Å². The number of carboxylic acid groups (broad SMARTS) is 1. The summed E-state index contributed by atoms with van der Waals surface area (Å²) >= 11 is 1.67. The van der Waals surface area contributed by atoms with Crippen molar-refractivity contribution in [3.63, 3.8) is 0 Å². The highest BCUT2D eigenvalue weighted by Gasteiger charge is 2.48. The largest absolute Gasteiger partial charge is 0.480 e. The molecule has 3 aromatic carbocycles. The van der Waals surface area contributed by atoms with E-state index >= 15 is 0 Å². The fourth-order valence-electron chi connectivity index (χ4n) is 4.35. The van der Waals surface area contributed by atoms with Gasteiger partial charge in [-0.25, -0.2) is 0 Å². The van der Waals surface area contributed by atoms with Gasteiger partial charge in [0.25, 0.3) is 0 Å². The number of rotatable bonds is 5. The molecule has 5 rings (SSSR count). The third-order valence-electron chi connectivity index (χ3n) is 5.83. The maximum Gasteiger partial charge on any atom is 0.323 e. The number of carboxylic acids is 1. The molecule has 1 aliphatic rings. The molecule has 0 bridgehead atoms. The molecule has 1 heterocycles. The first-order valence-corrected chi connectivity index (χ1v) is 10.7. The molecule has 3 N–H and O–H groups in total. The lowest BCUT2D eigenvalue weighted by atomic mass is 9.88. The molecule has 1 aliphatic carbocycles. The van der Waals surface area contributed by atoms with Crippen LogP contribution in [0, 0.1) is 0 Å². The van der Waals surface area contributed by atoms with Gasteiger partial charge in [0, 0.05) is 20.7 Å². The summed E-state index contributed by atoms with van der Waals surface area (Å²) < 4.78 is 7.85. The Hall–Kier alpha value is -2.99. The minimum atomic E-state index is -1.13. The third-order valence-corrected chi connectivity index (χ3v) is 7.05. The Bertz CT molecular complexity index is 1180. The highest BCUT2D eigenvalue weighted by Crippen LogP contribution is 2.55. The Labute approximate surface area is 178 Å². The zero-order valence-corrected chi connectivity index (χ0v) is 17.2. The van der Waals surface area contributed by atoms with Crippen molar-refractivity contribution >= 4 is 27.4 Å². The van der Waals surface area contributed by atoms with Crippen LogP contribution in [0.3, 0.4) is 0 Å². The van der Waals surface area contributed by atoms with Crippen LogP contribution in [0.15, 0.2) is 78.9 Å². The van der Waals surface area contributed by atoms with Gasteiger partial charge in [-0.1, -0.05) is 66.7 Å². The molecule has 0 spiro atoms. The molecule has 1 aromatic heterocycles. The van der Waals surface area contributed by atoms with Gasteiger partial charge in [-0.3, -0.25) is 4.79 Å². The molecule has 5 heteroatoms. The molecule has 0 saturated carbocycles. The van der Waals surface area contributed by atoms with E-state index in [2.05, 4.69) is 42.5 Å². The van der Waals surface area contributed by atoms with Crippen LogP contribution in [0.4, 0.5) is 0 Å². The highest BCUT2D eigenvalue weighted by atomic mass is 32.1. The van der Waals surface area contributed by atoms with E-state index in [0.717, 1.165) is 37.2 Å². The van der Waals surface area contributed by atoms with Crippen molar-refractivity contribution in [2.24, 2.45) is 5.73 Å².